The number of halogens is 3. The van der Waals surface area contributed by atoms with Crippen LogP contribution in [0.15, 0.2) is 59.1 Å². The Morgan fingerprint density at radius 2 is 1.91 bits per heavy atom. The monoisotopic (exact) mass is 590 g/mol. The molecule has 0 bridgehead atoms. The summed E-state index contributed by atoms with van der Waals surface area (Å²) in [6.07, 6.45) is 0.697. The van der Waals surface area contributed by atoms with E-state index in [2.05, 4.69) is 9.72 Å². The average molecular weight is 590 g/mol. The molecule has 1 aliphatic rings. The van der Waals surface area contributed by atoms with Crippen molar-refractivity contribution in [2.45, 2.75) is 38.0 Å². The van der Waals surface area contributed by atoms with Gasteiger partial charge in [0.25, 0.3) is 0 Å². The predicted octanol–water partition coefficient (Wildman–Crippen LogP) is 4.84. The number of sulfonamides is 1. The van der Waals surface area contributed by atoms with E-state index >= 15 is 0 Å². The Kier molecular flexibility index (Phi) is 7.59. The molecule has 1 fully saturated rings. The fourth-order valence-corrected chi connectivity index (χ4v) is 6.55. The Balaban J connectivity index is 2.07. The van der Waals surface area contributed by atoms with Gasteiger partial charge in [-0.3, -0.25) is 4.98 Å². The maximum Gasteiger partial charge on any atom is 0.376 e. The van der Waals surface area contributed by atoms with Crippen molar-refractivity contribution in [2.75, 3.05) is 19.7 Å². The molecule has 10 heteroatoms. The van der Waals surface area contributed by atoms with Crippen LogP contribution in [0.5, 0.6) is 0 Å². The molecule has 33 heavy (non-hydrogen) atoms. The van der Waals surface area contributed by atoms with Crippen LogP contribution >= 0.6 is 22.6 Å². The lowest BCUT2D eigenvalue weighted by Crippen LogP contribution is -2.39. The SMILES string of the molecule is CCOC(=O)C(F)(F)C[C@@]1(C)CN(S(=O)(=O)c2ccc(C)cc2)C/C1=C(\I)c1ccccn1. The molecular formula is C23H25F2IN2O4S. The highest BCUT2D eigenvalue weighted by Crippen LogP contribution is 2.49. The second kappa shape index (κ2) is 9.75. The quantitative estimate of drug-likeness (QED) is 0.341. The number of carbonyl (C=O) groups excluding carboxylic acids is 1. The van der Waals surface area contributed by atoms with Gasteiger partial charge >= 0.3 is 11.9 Å². The lowest BCUT2D eigenvalue weighted by Gasteiger charge is -2.30. The van der Waals surface area contributed by atoms with Gasteiger partial charge in [0.05, 0.1) is 17.2 Å². The van der Waals surface area contributed by atoms with Crippen LogP contribution in [0.25, 0.3) is 3.58 Å². The third kappa shape index (κ3) is 5.43. The Hall–Kier alpha value is -1.92. The zero-order valence-corrected chi connectivity index (χ0v) is 21.5. The van der Waals surface area contributed by atoms with Gasteiger partial charge in [0, 0.05) is 34.7 Å². The minimum atomic E-state index is -3.95. The summed E-state index contributed by atoms with van der Waals surface area (Å²) in [5.74, 6) is -5.39. The van der Waals surface area contributed by atoms with E-state index in [1.54, 1.807) is 43.5 Å². The van der Waals surface area contributed by atoms with E-state index in [1.165, 1.54) is 23.4 Å². The molecule has 0 unspecified atom stereocenters. The van der Waals surface area contributed by atoms with Crippen molar-refractivity contribution < 1.29 is 26.7 Å². The van der Waals surface area contributed by atoms with Gasteiger partial charge < -0.3 is 4.74 Å². The molecule has 1 aliphatic heterocycles. The number of carbonyl (C=O) groups is 1. The summed E-state index contributed by atoms with van der Waals surface area (Å²) in [5.41, 5.74) is 0.622. The molecule has 6 nitrogen and oxygen atoms in total. The lowest BCUT2D eigenvalue weighted by atomic mass is 9.79. The average Bonchev–Trinajstić information content (AvgIpc) is 3.11. The largest absolute Gasteiger partial charge is 0.462 e. The van der Waals surface area contributed by atoms with Crippen molar-refractivity contribution in [1.29, 1.82) is 0 Å². The molecule has 0 aliphatic carbocycles. The molecule has 1 saturated heterocycles. The normalized spacial score (nSPS) is 21.2. The van der Waals surface area contributed by atoms with Gasteiger partial charge in [0.1, 0.15) is 0 Å². The van der Waals surface area contributed by atoms with Gasteiger partial charge in [-0.2, -0.15) is 13.1 Å². The van der Waals surface area contributed by atoms with Gasteiger partial charge in [-0.05, 0) is 66.3 Å². The number of ether oxygens (including phenoxy) is 1. The number of benzene rings is 1. The summed E-state index contributed by atoms with van der Waals surface area (Å²) in [6.45, 7) is 4.40. The first-order chi connectivity index (χ1) is 15.4. The summed E-state index contributed by atoms with van der Waals surface area (Å²) in [4.78, 5) is 16.3. The highest BCUT2D eigenvalue weighted by Gasteiger charge is 2.53. The molecule has 0 amide bonds. The summed E-state index contributed by atoms with van der Waals surface area (Å²) >= 11 is 2.01. The van der Waals surface area contributed by atoms with Crippen LogP contribution in [-0.4, -0.2) is 49.3 Å². The topological polar surface area (TPSA) is 76.6 Å². The highest BCUT2D eigenvalue weighted by molar-refractivity contribution is 14.1. The molecule has 2 aromatic rings. The lowest BCUT2D eigenvalue weighted by molar-refractivity contribution is -0.175. The third-order valence-corrected chi connectivity index (χ3v) is 8.60. The number of aryl methyl sites for hydroxylation is 1. The first-order valence-corrected chi connectivity index (χ1v) is 12.8. The number of pyridine rings is 1. The van der Waals surface area contributed by atoms with Crippen molar-refractivity contribution >= 4 is 42.2 Å². The zero-order chi connectivity index (χ0) is 24.4. The maximum absolute atomic E-state index is 14.8. The minimum absolute atomic E-state index is 0.0829. The van der Waals surface area contributed by atoms with Gasteiger partial charge in [0.15, 0.2) is 0 Å². The number of alkyl halides is 2. The fourth-order valence-electron chi connectivity index (χ4n) is 3.88. The first kappa shape index (κ1) is 25.7. The van der Waals surface area contributed by atoms with Crippen LogP contribution in [0.4, 0.5) is 8.78 Å². The number of nitrogens with zero attached hydrogens (tertiary/aromatic N) is 2. The number of rotatable bonds is 7. The Morgan fingerprint density at radius 1 is 1.24 bits per heavy atom. The molecule has 0 radical (unpaired) electrons. The van der Waals surface area contributed by atoms with E-state index < -0.39 is 33.8 Å². The van der Waals surface area contributed by atoms with E-state index in [0.29, 0.717) is 14.8 Å². The molecule has 3 rings (SSSR count). The molecule has 1 atom stereocenters. The van der Waals surface area contributed by atoms with Crippen molar-refractivity contribution in [3.05, 3.63) is 65.5 Å². The number of aromatic nitrogens is 1. The zero-order valence-electron chi connectivity index (χ0n) is 18.5. The van der Waals surface area contributed by atoms with E-state index in [9.17, 15) is 22.0 Å². The van der Waals surface area contributed by atoms with Gasteiger partial charge in [-0.1, -0.05) is 30.7 Å². The Morgan fingerprint density at radius 3 is 2.48 bits per heavy atom. The van der Waals surface area contributed by atoms with Crippen molar-refractivity contribution in [3.8, 4) is 0 Å². The Bertz CT molecular complexity index is 1150. The molecule has 1 aromatic carbocycles. The van der Waals surface area contributed by atoms with Crippen molar-refractivity contribution in [1.82, 2.24) is 9.29 Å². The van der Waals surface area contributed by atoms with Gasteiger partial charge in [0.2, 0.25) is 10.0 Å². The standard InChI is InChI=1S/C23H25F2IN2O4S/c1-4-32-21(29)23(24,25)14-22(3)15-28(33(30,31)17-10-8-16(2)9-11-17)13-18(22)20(26)19-7-5-6-12-27-19/h5-12H,4,13-15H2,1-3H3/b20-18+/t22-/m0/s1. The van der Waals surface area contributed by atoms with Crippen LogP contribution in [0.1, 0.15) is 31.5 Å². The van der Waals surface area contributed by atoms with E-state index in [4.69, 9.17) is 0 Å². The number of hydrogen-bond donors (Lipinski definition) is 0. The summed E-state index contributed by atoms with van der Waals surface area (Å²) < 4.78 is 62.7. The predicted molar refractivity (Wildman–Crippen MR) is 129 cm³/mol. The maximum atomic E-state index is 14.8. The molecule has 0 spiro atoms. The molecular weight excluding hydrogens is 565 g/mol. The van der Waals surface area contributed by atoms with Crippen LogP contribution < -0.4 is 0 Å². The molecule has 1 aromatic heterocycles. The fraction of sp³-hybridized carbons (Fsp3) is 0.391. The van der Waals surface area contributed by atoms with E-state index in [1.807, 2.05) is 29.5 Å². The summed E-state index contributed by atoms with van der Waals surface area (Å²) in [7, 11) is -3.95. The van der Waals surface area contributed by atoms with Gasteiger partial charge in [-0.15, -0.1) is 0 Å². The summed E-state index contributed by atoms with van der Waals surface area (Å²) in [6, 6.07) is 11.6. The van der Waals surface area contributed by atoms with Crippen LogP contribution in [0.3, 0.4) is 0 Å². The van der Waals surface area contributed by atoms with E-state index in [-0.39, 0.29) is 24.6 Å². The molecule has 2 heterocycles. The second-order valence-corrected chi connectivity index (χ2v) is 11.3. The number of esters is 1. The van der Waals surface area contributed by atoms with Crippen molar-refractivity contribution in [2.24, 2.45) is 5.41 Å². The minimum Gasteiger partial charge on any atom is -0.462 e. The molecule has 0 N–H and O–H groups in total. The molecule has 0 saturated carbocycles. The second-order valence-electron chi connectivity index (χ2n) is 8.26. The van der Waals surface area contributed by atoms with Crippen LogP contribution in [-0.2, 0) is 19.6 Å². The first-order valence-electron chi connectivity index (χ1n) is 10.3. The smallest absolute Gasteiger partial charge is 0.376 e. The highest BCUT2D eigenvalue weighted by atomic mass is 127. The van der Waals surface area contributed by atoms with Crippen LogP contribution in [0.2, 0.25) is 0 Å². The number of hydrogen-bond acceptors (Lipinski definition) is 5. The third-order valence-electron chi connectivity index (χ3n) is 5.59. The van der Waals surface area contributed by atoms with Gasteiger partial charge in [-0.25, -0.2) is 13.2 Å². The van der Waals surface area contributed by atoms with Crippen molar-refractivity contribution in [3.63, 3.8) is 0 Å². The Labute approximate surface area is 206 Å². The summed E-state index contributed by atoms with van der Waals surface area (Å²) in [5, 5.41) is 0. The molecule has 178 valence electrons. The van der Waals surface area contributed by atoms with Crippen LogP contribution in [0, 0.1) is 12.3 Å². The van der Waals surface area contributed by atoms with E-state index in [0.717, 1.165) is 5.56 Å².